The Labute approximate surface area is 49.6 Å². The van der Waals surface area contributed by atoms with Gasteiger partial charge in [0.1, 0.15) is 0 Å². The molecule has 0 rings (SSSR count). The lowest BCUT2D eigenvalue weighted by Crippen LogP contribution is -1.48. The van der Waals surface area contributed by atoms with Crippen molar-refractivity contribution in [2.45, 2.75) is 0 Å². The Kier molecular flexibility index (Phi) is 4.35. The minimum Gasteiger partial charge on any atom is -0.288 e. The number of rotatable bonds is 0. The van der Waals surface area contributed by atoms with Crippen LogP contribution >= 0.6 is 0 Å². The number of hydrogen-bond donors (Lipinski definition) is 0. The molecular weight excluding hydrogens is 96.1 g/mol. The van der Waals surface area contributed by atoms with Crippen molar-refractivity contribution in [3.05, 3.63) is 12.7 Å². The predicted molar refractivity (Wildman–Crippen MR) is 31.9 cm³/mol. The molecule has 0 aliphatic carbocycles. The highest BCUT2D eigenvalue weighted by Gasteiger charge is 1.41. The average molecular weight is 98.1 g/mol. The van der Waals surface area contributed by atoms with Crippen LogP contribution in [0.4, 0.5) is 0 Å². The lowest BCUT2D eigenvalue weighted by Gasteiger charge is -1.65. The first-order valence-corrected chi connectivity index (χ1v) is 1.83. The topological polar surface area (TPSA) is 0 Å². The van der Waals surface area contributed by atoms with Crippen molar-refractivity contribution in [2.24, 2.45) is 0 Å². The Balaban J connectivity index is 3.79. The van der Waals surface area contributed by atoms with E-state index in [9.17, 15) is 0 Å². The minimum absolute atomic E-state index is 2.09. The zero-order chi connectivity index (χ0) is 6.24. The Morgan fingerprint density at radius 1 is 1.00 bits per heavy atom. The molecule has 0 N–H and O–H groups in total. The lowest BCUT2D eigenvalue weighted by molar-refractivity contribution is 2.12. The quantitative estimate of drug-likeness (QED) is 0.304. The van der Waals surface area contributed by atoms with Gasteiger partial charge in [0.2, 0.25) is 0 Å². The van der Waals surface area contributed by atoms with E-state index in [0.29, 0.717) is 0 Å². The molecule has 1 radical (unpaired) electrons. The zero-order valence-corrected chi connectivity index (χ0v) is 4.15. The highest BCUT2D eigenvalue weighted by molar-refractivity contribution is 5.34. The maximum Gasteiger partial charge on any atom is -0.00303 e. The summed E-state index contributed by atoms with van der Waals surface area (Å²) in [5, 5.41) is 0. The molecule has 0 atom stereocenters. The molecule has 0 amide bonds. The van der Waals surface area contributed by atoms with Crippen LogP contribution in [0.5, 0.6) is 0 Å². The first-order valence-electron chi connectivity index (χ1n) is 1.83. The average Bonchev–Trinajstić information content (AvgIpc) is 1.81. The van der Waals surface area contributed by atoms with Gasteiger partial charge < -0.3 is 0 Å². The van der Waals surface area contributed by atoms with Crippen molar-refractivity contribution in [3.63, 3.8) is 0 Å². The number of allylic oxidation sites excluding steroid dienone is 1. The van der Waals surface area contributed by atoms with Crippen LogP contribution in [-0.4, -0.2) is 0 Å². The normalized spacial score (nSPS) is 3.88. The summed E-state index contributed by atoms with van der Waals surface area (Å²) >= 11 is 0. The standard InChI is InChI=1S/C8H2/c1-3-5-7-8-6-4-2/h1-2H/q-1. The SMILES string of the molecule is C#CC#CC#C[C]=[CH-]. The summed E-state index contributed by atoms with van der Waals surface area (Å²) in [5.74, 6) is 11.4. The summed E-state index contributed by atoms with van der Waals surface area (Å²) in [4.78, 5) is 0. The molecule has 0 unspecified atom stereocenters. The molecule has 0 aliphatic rings. The molecule has 0 heterocycles. The molecule has 0 fully saturated rings. The molecule has 0 spiro atoms. The van der Waals surface area contributed by atoms with Crippen molar-refractivity contribution in [3.8, 4) is 36.0 Å². The zero-order valence-electron chi connectivity index (χ0n) is 4.15. The fourth-order valence-electron chi connectivity index (χ4n) is 0.135. The van der Waals surface area contributed by atoms with Crippen molar-refractivity contribution in [2.75, 3.05) is 0 Å². The van der Waals surface area contributed by atoms with Crippen LogP contribution in [-0.2, 0) is 0 Å². The second-order valence-corrected chi connectivity index (χ2v) is 0.789. The third-order valence-electron chi connectivity index (χ3n) is 0.332. The van der Waals surface area contributed by atoms with E-state index < -0.39 is 0 Å². The van der Waals surface area contributed by atoms with Crippen molar-refractivity contribution < 1.29 is 0 Å². The molecule has 8 heavy (non-hydrogen) atoms. The second kappa shape index (κ2) is 5.42. The van der Waals surface area contributed by atoms with Crippen molar-refractivity contribution in [1.82, 2.24) is 0 Å². The van der Waals surface area contributed by atoms with Gasteiger partial charge in [-0.1, -0.05) is 0 Å². The van der Waals surface area contributed by atoms with E-state index >= 15 is 0 Å². The van der Waals surface area contributed by atoms with Crippen LogP contribution in [0, 0.1) is 48.7 Å². The molecule has 0 bridgehead atoms. The van der Waals surface area contributed by atoms with Gasteiger partial charge in [-0.05, 0) is 17.8 Å². The molecule has 0 aliphatic heterocycles. The van der Waals surface area contributed by atoms with E-state index in [1.54, 1.807) is 0 Å². The maximum absolute atomic E-state index is 4.77. The van der Waals surface area contributed by atoms with Crippen molar-refractivity contribution >= 4 is 0 Å². The minimum atomic E-state index is 2.09. The first-order chi connectivity index (χ1) is 3.91. The molecule has 0 nitrogen and oxygen atoms in total. The van der Waals surface area contributed by atoms with E-state index in [1.807, 2.05) is 0 Å². The Morgan fingerprint density at radius 3 is 2.12 bits per heavy atom. The van der Waals surface area contributed by atoms with Crippen LogP contribution in [0.3, 0.4) is 0 Å². The summed E-state index contributed by atoms with van der Waals surface area (Å²) < 4.78 is 0. The van der Waals surface area contributed by atoms with Gasteiger partial charge in [0.15, 0.2) is 0 Å². The van der Waals surface area contributed by atoms with E-state index in [2.05, 4.69) is 35.7 Å². The summed E-state index contributed by atoms with van der Waals surface area (Å²) in [7, 11) is 0. The molecule has 35 valence electrons. The lowest BCUT2D eigenvalue weighted by atomic mass is 10.5. The largest absolute Gasteiger partial charge is 0.288 e. The third kappa shape index (κ3) is 4.42. The van der Waals surface area contributed by atoms with Crippen LogP contribution < -0.4 is 0 Å². The van der Waals surface area contributed by atoms with Gasteiger partial charge in [0.05, 0.1) is 0 Å². The highest BCUT2D eigenvalue weighted by Crippen LogP contribution is 1.52. The summed E-state index contributed by atoms with van der Waals surface area (Å²) in [6.07, 6.45) is 6.86. The van der Waals surface area contributed by atoms with Gasteiger partial charge in [-0.3, -0.25) is 12.5 Å². The van der Waals surface area contributed by atoms with Crippen LogP contribution in [0.15, 0.2) is 0 Å². The van der Waals surface area contributed by atoms with Gasteiger partial charge in [0.25, 0.3) is 0 Å². The molecule has 0 heteroatoms. The van der Waals surface area contributed by atoms with Gasteiger partial charge >= 0.3 is 0 Å². The van der Waals surface area contributed by atoms with Crippen LogP contribution in [0.25, 0.3) is 0 Å². The molecular formula is C8H2-. The molecule has 0 saturated heterocycles. The van der Waals surface area contributed by atoms with Crippen molar-refractivity contribution in [1.29, 1.82) is 0 Å². The fourth-order valence-corrected chi connectivity index (χ4v) is 0.135. The predicted octanol–water partition coefficient (Wildman–Crippen LogP) is 0.419. The van der Waals surface area contributed by atoms with E-state index in [0.717, 1.165) is 0 Å². The molecule has 0 aromatic carbocycles. The highest BCUT2D eigenvalue weighted by atomic mass is 13.5. The molecule has 0 aromatic rings. The van der Waals surface area contributed by atoms with E-state index in [-0.39, 0.29) is 0 Å². The number of hydrogen-bond acceptors (Lipinski definition) is 0. The smallest absolute Gasteiger partial charge is 0.00303 e. The fraction of sp³-hybridized carbons (Fsp3) is 0. The maximum atomic E-state index is 4.77. The number of terminal acetylenes is 1. The monoisotopic (exact) mass is 98.0 g/mol. The van der Waals surface area contributed by atoms with Crippen LogP contribution in [0.2, 0.25) is 0 Å². The summed E-state index contributed by atoms with van der Waals surface area (Å²) in [6, 6.07) is 0. The Morgan fingerprint density at radius 2 is 1.62 bits per heavy atom. The Bertz CT molecular complexity index is 217. The first kappa shape index (κ1) is 6.42. The summed E-state index contributed by atoms with van der Waals surface area (Å²) in [6.45, 7) is 4.77. The van der Waals surface area contributed by atoms with Gasteiger partial charge in [-0.25, -0.2) is 0 Å². The van der Waals surface area contributed by atoms with Gasteiger partial charge in [0, 0.05) is 0 Å². The molecule has 0 saturated carbocycles. The molecule has 0 aromatic heterocycles. The second-order valence-electron chi connectivity index (χ2n) is 0.789. The van der Waals surface area contributed by atoms with Crippen LogP contribution in [0.1, 0.15) is 0 Å². The van der Waals surface area contributed by atoms with E-state index in [1.165, 1.54) is 0 Å². The van der Waals surface area contributed by atoms with E-state index in [4.69, 9.17) is 13.0 Å². The van der Waals surface area contributed by atoms with Gasteiger partial charge in [-0.2, -0.15) is 6.08 Å². The third-order valence-corrected chi connectivity index (χ3v) is 0.332. The summed E-state index contributed by atoms with van der Waals surface area (Å²) in [5.41, 5.74) is 0. The van der Waals surface area contributed by atoms with Gasteiger partial charge in [-0.15, -0.1) is 12.3 Å². The Hall–Kier alpha value is -1.58.